The highest BCUT2D eigenvalue weighted by Gasteiger charge is 2.34. The number of amides is 1. The Labute approximate surface area is 123 Å². The van der Waals surface area contributed by atoms with Gasteiger partial charge in [-0.25, -0.2) is 0 Å². The Morgan fingerprint density at radius 3 is 2.65 bits per heavy atom. The molecular formula is C17H30N2O. The SMILES string of the molecule is CCC(CC1CCCC1)C(=O)N1CCC2CCC(C1)N2. The van der Waals surface area contributed by atoms with Crippen LogP contribution in [0.25, 0.3) is 0 Å². The molecule has 3 aliphatic rings. The van der Waals surface area contributed by atoms with Crippen molar-refractivity contribution in [2.75, 3.05) is 13.1 Å². The molecule has 3 rings (SSSR count). The molecule has 1 saturated carbocycles. The number of carbonyl (C=O) groups excluding carboxylic acids is 1. The number of rotatable bonds is 4. The number of hydrogen-bond acceptors (Lipinski definition) is 2. The zero-order valence-electron chi connectivity index (χ0n) is 12.9. The van der Waals surface area contributed by atoms with Gasteiger partial charge >= 0.3 is 0 Å². The van der Waals surface area contributed by atoms with Crippen molar-refractivity contribution in [1.29, 1.82) is 0 Å². The molecule has 20 heavy (non-hydrogen) atoms. The molecular weight excluding hydrogens is 248 g/mol. The maximum atomic E-state index is 12.8. The van der Waals surface area contributed by atoms with Gasteiger partial charge in [-0.2, -0.15) is 0 Å². The van der Waals surface area contributed by atoms with E-state index in [-0.39, 0.29) is 5.92 Å². The summed E-state index contributed by atoms with van der Waals surface area (Å²) < 4.78 is 0. The van der Waals surface area contributed by atoms with Crippen LogP contribution < -0.4 is 5.32 Å². The average Bonchev–Trinajstić information content (AvgIpc) is 3.05. The first-order chi connectivity index (χ1) is 9.76. The molecule has 2 aliphatic heterocycles. The van der Waals surface area contributed by atoms with E-state index in [1.165, 1.54) is 38.5 Å². The minimum Gasteiger partial charge on any atom is -0.341 e. The van der Waals surface area contributed by atoms with Gasteiger partial charge in [0.05, 0.1) is 0 Å². The Kier molecular flexibility index (Phi) is 4.65. The quantitative estimate of drug-likeness (QED) is 0.857. The third-order valence-corrected chi connectivity index (χ3v) is 5.77. The maximum absolute atomic E-state index is 12.8. The third kappa shape index (κ3) is 3.19. The highest BCUT2D eigenvalue weighted by molar-refractivity contribution is 5.79. The number of nitrogens with one attached hydrogen (secondary N) is 1. The molecule has 3 fully saturated rings. The van der Waals surface area contributed by atoms with Crippen molar-refractivity contribution < 1.29 is 4.79 Å². The molecule has 114 valence electrons. The first kappa shape index (κ1) is 14.4. The number of likely N-dealkylation sites (tertiary alicyclic amines) is 1. The Morgan fingerprint density at radius 1 is 1.15 bits per heavy atom. The molecule has 0 aromatic carbocycles. The largest absolute Gasteiger partial charge is 0.341 e. The number of fused-ring (bicyclic) bond motifs is 2. The van der Waals surface area contributed by atoms with Crippen LogP contribution in [0.5, 0.6) is 0 Å². The molecule has 2 saturated heterocycles. The van der Waals surface area contributed by atoms with E-state index in [2.05, 4.69) is 17.1 Å². The van der Waals surface area contributed by atoms with Gasteiger partial charge in [-0.15, -0.1) is 0 Å². The minimum absolute atomic E-state index is 0.287. The molecule has 3 heteroatoms. The monoisotopic (exact) mass is 278 g/mol. The van der Waals surface area contributed by atoms with Crippen LogP contribution >= 0.6 is 0 Å². The maximum Gasteiger partial charge on any atom is 0.225 e. The van der Waals surface area contributed by atoms with Gasteiger partial charge < -0.3 is 10.2 Å². The van der Waals surface area contributed by atoms with Crippen molar-refractivity contribution in [2.45, 2.75) is 76.8 Å². The van der Waals surface area contributed by atoms with Crippen molar-refractivity contribution in [2.24, 2.45) is 11.8 Å². The summed E-state index contributed by atoms with van der Waals surface area (Å²) in [4.78, 5) is 15.0. The summed E-state index contributed by atoms with van der Waals surface area (Å²) in [5, 5.41) is 3.67. The second-order valence-electron chi connectivity index (χ2n) is 7.20. The molecule has 0 spiro atoms. The van der Waals surface area contributed by atoms with Gasteiger partial charge in [-0.3, -0.25) is 4.79 Å². The predicted octanol–water partition coefficient (Wildman–Crippen LogP) is 2.95. The Bertz CT molecular complexity index is 338. The topological polar surface area (TPSA) is 32.3 Å². The lowest BCUT2D eigenvalue weighted by Crippen LogP contribution is -2.42. The van der Waals surface area contributed by atoms with E-state index < -0.39 is 0 Å². The van der Waals surface area contributed by atoms with E-state index in [0.717, 1.165) is 38.3 Å². The van der Waals surface area contributed by atoms with Crippen LogP contribution in [0.1, 0.15) is 64.7 Å². The summed E-state index contributed by atoms with van der Waals surface area (Å²) in [6, 6.07) is 1.24. The van der Waals surface area contributed by atoms with Crippen molar-refractivity contribution in [3.63, 3.8) is 0 Å². The summed E-state index contributed by atoms with van der Waals surface area (Å²) in [7, 11) is 0. The molecule has 0 aromatic rings. The second-order valence-corrected chi connectivity index (χ2v) is 7.20. The van der Waals surface area contributed by atoms with Crippen LogP contribution in [0.4, 0.5) is 0 Å². The van der Waals surface area contributed by atoms with Gasteiger partial charge in [-0.1, -0.05) is 32.6 Å². The normalized spacial score (nSPS) is 32.4. The molecule has 2 heterocycles. The van der Waals surface area contributed by atoms with Crippen molar-refractivity contribution in [3.05, 3.63) is 0 Å². The summed E-state index contributed by atoms with van der Waals surface area (Å²) in [6.07, 6.45) is 11.4. The highest BCUT2D eigenvalue weighted by Crippen LogP contribution is 2.32. The van der Waals surface area contributed by atoms with Gasteiger partial charge in [-0.05, 0) is 38.0 Å². The molecule has 0 radical (unpaired) electrons. The van der Waals surface area contributed by atoms with E-state index in [1.807, 2.05) is 0 Å². The minimum atomic E-state index is 0.287. The smallest absolute Gasteiger partial charge is 0.225 e. The summed E-state index contributed by atoms with van der Waals surface area (Å²) in [5.41, 5.74) is 0. The van der Waals surface area contributed by atoms with Crippen molar-refractivity contribution in [1.82, 2.24) is 10.2 Å². The number of nitrogens with zero attached hydrogens (tertiary/aromatic N) is 1. The van der Waals surface area contributed by atoms with Gasteiger partial charge in [0.1, 0.15) is 0 Å². The van der Waals surface area contributed by atoms with Crippen molar-refractivity contribution >= 4 is 5.91 Å². The fourth-order valence-electron chi connectivity index (χ4n) is 4.49. The lowest BCUT2D eigenvalue weighted by molar-refractivity contribution is -0.136. The van der Waals surface area contributed by atoms with Gasteiger partial charge in [0, 0.05) is 31.1 Å². The zero-order valence-corrected chi connectivity index (χ0v) is 12.9. The lowest BCUT2D eigenvalue weighted by Gasteiger charge is -2.29. The van der Waals surface area contributed by atoms with Gasteiger partial charge in [0.2, 0.25) is 5.91 Å². The predicted molar refractivity (Wildman–Crippen MR) is 81.5 cm³/mol. The lowest BCUT2D eigenvalue weighted by atomic mass is 9.90. The van der Waals surface area contributed by atoms with E-state index >= 15 is 0 Å². The zero-order chi connectivity index (χ0) is 13.9. The molecule has 1 aliphatic carbocycles. The van der Waals surface area contributed by atoms with Crippen LogP contribution in [0.3, 0.4) is 0 Å². The van der Waals surface area contributed by atoms with Crippen LogP contribution in [0.2, 0.25) is 0 Å². The van der Waals surface area contributed by atoms with Crippen LogP contribution in [-0.2, 0) is 4.79 Å². The molecule has 0 aromatic heterocycles. The summed E-state index contributed by atoms with van der Waals surface area (Å²) in [6.45, 7) is 4.13. The van der Waals surface area contributed by atoms with Crippen molar-refractivity contribution in [3.8, 4) is 0 Å². The van der Waals surface area contributed by atoms with Gasteiger partial charge in [0.15, 0.2) is 0 Å². The van der Waals surface area contributed by atoms with Gasteiger partial charge in [0.25, 0.3) is 0 Å². The van der Waals surface area contributed by atoms with E-state index in [9.17, 15) is 4.79 Å². The van der Waals surface area contributed by atoms with E-state index in [1.54, 1.807) is 0 Å². The van der Waals surface area contributed by atoms with E-state index in [4.69, 9.17) is 0 Å². The van der Waals surface area contributed by atoms with Crippen LogP contribution in [0.15, 0.2) is 0 Å². The molecule has 1 N–H and O–H groups in total. The molecule has 3 unspecified atom stereocenters. The molecule has 3 nitrogen and oxygen atoms in total. The first-order valence-electron chi connectivity index (χ1n) is 8.81. The van der Waals surface area contributed by atoms with Crippen LogP contribution in [0, 0.1) is 11.8 Å². The Morgan fingerprint density at radius 2 is 1.90 bits per heavy atom. The number of carbonyl (C=O) groups is 1. The van der Waals surface area contributed by atoms with Crippen LogP contribution in [-0.4, -0.2) is 36.0 Å². The molecule has 1 amide bonds. The van der Waals surface area contributed by atoms with E-state index in [0.29, 0.717) is 18.0 Å². The fourth-order valence-corrected chi connectivity index (χ4v) is 4.49. The fraction of sp³-hybridized carbons (Fsp3) is 0.941. The third-order valence-electron chi connectivity index (χ3n) is 5.77. The molecule has 3 atom stereocenters. The first-order valence-corrected chi connectivity index (χ1v) is 8.81. The summed E-state index contributed by atoms with van der Waals surface area (Å²) >= 11 is 0. The average molecular weight is 278 g/mol. The highest BCUT2D eigenvalue weighted by atomic mass is 16.2. The molecule has 2 bridgehead atoms. The number of hydrogen-bond donors (Lipinski definition) is 1. The summed E-state index contributed by atoms with van der Waals surface area (Å²) in [5.74, 6) is 1.56. The Hall–Kier alpha value is -0.570. The standard InChI is InChI=1S/C17H30N2O/c1-2-14(11-13-5-3-4-6-13)17(20)19-10-9-15-7-8-16(12-19)18-15/h13-16,18H,2-12H2,1H3. The Balaban J connectivity index is 1.57. The second kappa shape index (κ2) is 6.46.